The lowest BCUT2D eigenvalue weighted by Gasteiger charge is -2.46. The molecule has 0 unspecified atom stereocenters. The maximum absolute atomic E-state index is 14.2. The topological polar surface area (TPSA) is 67.9 Å². The monoisotopic (exact) mass is 498 g/mol. The molecule has 0 bridgehead atoms. The Balaban J connectivity index is 1.63. The lowest BCUT2D eigenvalue weighted by atomic mass is 9.77. The summed E-state index contributed by atoms with van der Waals surface area (Å²) in [5, 5.41) is 3.14. The molecule has 3 aromatic carbocycles. The third-order valence-corrected chi connectivity index (χ3v) is 7.53. The molecule has 6 nitrogen and oxygen atoms in total. The van der Waals surface area contributed by atoms with Gasteiger partial charge in [0, 0.05) is 11.6 Å². The number of nitrogens with one attached hydrogen (secondary N) is 1. The first-order valence-electron chi connectivity index (χ1n) is 13.2. The van der Waals surface area contributed by atoms with E-state index in [1.54, 1.807) is 7.11 Å². The van der Waals surface area contributed by atoms with Gasteiger partial charge in [-0.05, 0) is 61.2 Å². The van der Waals surface area contributed by atoms with Crippen molar-refractivity contribution in [3.63, 3.8) is 0 Å². The number of hydrogen-bond donors (Lipinski definition) is 1. The van der Waals surface area contributed by atoms with E-state index in [4.69, 9.17) is 9.47 Å². The van der Waals surface area contributed by atoms with E-state index in [0.717, 1.165) is 42.6 Å². The number of benzene rings is 3. The standard InChI is InChI=1S/C31H34N2O4/c1-3-37-27-16-10-9-15-26(27)32-30(34)28-24-13-7-8-14-25(24)31(35)33(22-11-5-4-6-12-22)29(28)21-17-19-23(36-2)20-18-21/h7-10,13-20,22,28-29H,3-6,11-12H2,1-2H3,(H,32,34)/t28-,29-/m0/s1. The van der Waals surface area contributed by atoms with E-state index in [9.17, 15) is 9.59 Å². The van der Waals surface area contributed by atoms with Crippen LogP contribution >= 0.6 is 0 Å². The summed E-state index contributed by atoms with van der Waals surface area (Å²) in [6.45, 7) is 2.42. The molecule has 3 aromatic rings. The Morgan fingerprint density at radius 2 is 1.65 bits per heavy atom. The summed E-state index contributed by atoms with van der Waals surface area (Å²) < 4.78 is 11.2. The Labute approximate surface area is 218 Å². The number of hydrogen-bond acceptors (Lipinski definition) is 4. The Morgan fingerprint density at radius 3 is 2.38 bits per heavy atom. The largest absolute Gasteiger partial charge is 0.497 e. The van der Waals surface area contributed by atoms with Crippen molar-refractivity contribution >= 4 is 17.5 Å². The van der Waals surface area contributed by atoms with E-state index >= 15 is 0 Å². The minimum Gasteiger partial charge on any atom is -0.497 e. The smallest absolute Gasteiger partial charge is 0.254 e. The molecule has 0 radical (unpaired) electrons. The lowest BCUT2D eigenvalue weighted by Crippen LogP contribution is -2.51. The summed E-state index contributed by atoms with van der Waals surface area (Å²) in [6, 6.07) is 22.4. The predicted molar refractivity (Wildman–Crippen MR) is 144 cm³/mol. The number of nitrogens with zero attached hydrogens (tertiary/aromatic N) is 1. The molecule has 2 amide bonds. The van der Waals surface area contributed by atoms with Gasteiger partial charge in [-0.1, -0.05) is 61.7 Å². The minimum absolute atomic E-state index is 0.00193. The summed E-state index contributed by atoms with van der Waals surface area (Å²) in [5.74, 6) is 0.625. The van der Waals surface area contributed by atoms with Crippen LogP contribution in [-0.4, -0.2) is 36.5 Å². The fraction of sp³-hybridized carbons (Fsp3) is 0.355. The molecule has 1 N–H and O–H groups in total. The SMILES string of the molecule is CCOc1ccccc1NC(=O)[C@H]1c2ccccc2C(=O)N(C2CCCCC2)[C@H]1c1ccc(OC)cc1. The number of ether oxygens (including phenoxy) is 2. The highest BCUT2D eigenvalue weighted by molar-refractivity contribution is 6.05. The summed E-state index contributed by atoms with van der Waals surface area (Å²) >= 11 is 0. The fourth-order valence-corrected chi connectivity index (χ4v) is 5.81. The Hall–Kier alpha value is -3.80. The molecule has 2 aliphatic rings. The van der Waals surface area contributed by atoms with Crippen molar-refractivity contribution in [2.45, 2.75) is 57.0 Å². The molecular formula is C31H34N2O4. The quantitative estimate of drug-likeness (QED) is 0.412. The van der Waals surface area contributed by atoms with E-state index < -0.39 is 12.0 Å². The van der Waals surface area contributed by atoms with Crippen molar-refractivity contribution < 1.29 is 19.1 Å². The summed E-state index contributed by atoms with van der Waals surface area (Å²) in [4.78, 5) is 30.2. The third-order valence-electron chi connectivity index (χ3n) is 7.53. The number of methoxy groups -OCH3 is 1. The van der Waals surface area contributed by atoms with E-state index in [1.807, 2.05) is 84.6 Å². The molecular weight excluding hydrogens is 464 g/mol. The van der Waals surface area contributed by atoms with Crippen LogP contribution in [0.5, 0.6) is 11.5 Å². The molecule has 0 spiro atoms. The lowest BCUT2D eigenvalue weighted by molar-refractivity contribution is -0.119. The molecule has 1 aliphatic carbocycles. The molecule has 2 atom stereocenters. The van der Waals surface area contributed by atoms with Gasteiger partial charge in [0.2, 0.25) is 5.91 Å². The zero-order valence-corrected chi connectivity index (χ0v) is 21.5. The first kappa shape index (κ1) is 24.9. The number of para-hydroxylation sites is 2. The molecule has 1 fully saturated rings. The first-order chi connectivity index (χ1) is 18.1. The van der Waals surface area contributed by atoms with Crippen molar-refractivity contribution in [1.29, 1.82) is 0 Å². The van der Waals surface area contributed by atoms with E-state index in [-0.39, 0.29) is 17.9 Å². The van der Waals surface area contributed by atoms with Crippen LogP contribution in [0.15, 0.2) is 72.8 Å². The van der Waals surface area contributed by atoms with Gasteiger partial charge in [-0.3, -0.25) is 9.59 Å². The number of anilines is 1. The third kappa shape index (κ3) is 4.93. The minimum atomic E-state index is -0.584. The van der Waals surface area contributed by atoms with Gasteiger partial charge >= 0.3 is 0 Å². The second-order valence-electron chi connectivity index (χ2n) is 9.71. The predicted octanol–water partition coefficient (Wildman–Crippen LogP) is 6.35. The van der Waals surface area contributed by atoms with Gasteiger partial charge in [0.25, 0.3) is 5.91 Å². The molecule has 0 saturated heterocycles. The maximum atomic E-state index is 14.2. The molecule has 5 rings (SSSR count). The number of carbonyl (C=O) groups excluding carboxylic acids is 2. The summed E-state index contributed by atoms with van der Waals surface area (Å²) in [5.41, 5.74) is 2.91. The Morgan fingerprint density at radius 1 is 0.946 bits per heavy atom. The van der Waals surface area contributed by atoms with Crippen LogP contribution in [0.1, 0.15) is 72.5 Å². The zero-order valence-electron chi connectivity index (χ0n) is 21.5. The summed E-state index contributed by atoms with van der Waals surface area (Å²) in [6.07, 6.45) is 5.25. The van der Waals surface area contributed by atoms with Crippen LogP contribution in [0.25, 0.3) is 0 Å². The number of carbonyl (C=O) groups is 2. The Bertz CT molecular complexity index is 1250. The highest BCUT2D eigenvalue weighted by Gasteiger charge is 2.46. The average molecular weight is 499 g/mol. The van der Waals surface area contributed by atoms with Crippen molar-refractivity contribution in [1.82, 2.24) is 4.90 Å². The number of amides is 2. The van der Waals surface area contributed by atoms with Crippen molar-refractivity contribution in [2.75, 3.05) is 19.0 Å². The molecule has 0 aromatic heterocycles. The second-order valence-corrected chi connectivity index (χ2v) is 9.71. The van der Waals surface area contributed by atoms with Gasteiger partial charge in [0.15, 0.2) is 0 Å². The van der Waals surface area contributed by atoms with Gasteiger partial charge in [0.1, 0.15) is 11.5 Å². The highest BCUT2D eigenvalue weighted by atomic mass is 16.5. The van der Waals surface area contributed by atoms with Crippen LogP contribution in [0, 0.1) is 0 Å². The van der Waals surface area contributed by atoms with Crippen LogP contribution in [-0.2, 0) is 4.79 Å². The van der Waals surface area contributed by atoms with Gasteiger partial charge < -0.3 is 19.7 Å². The van der Waals surface area contributed by atoms with Gasteiger partial charge in [-0.25, -0.2) is 0 Å². The molecule has 1 saturated carbocycles. The van der Waals surface area contributed by atoms with Crippen LogP contribution in [0.4, 0.5) is 5.69 Å². The van der Waals surface area contributed by atoms with Crippen molar-refractivity contribution in [3.8, 4) is 11.5 Å². The van der Waals surface area contributed by atoms with Crippen LogP contribution < -0.4 is 14.8 Å². The highest BCUT2D eigenvalue weighted by Crippen LogP contribution is 2.46. The van der Waals surface area contributed by atoms with Crippen LogP contribution in [0.2, 0.25) is 0 Å². The van der Waals surface area contributed by atoms with Gasteiger partial charge in [0.05, 0.1) is 31.4 Å². The number of fused-ring (bicyclic) bond motifs is 1. The molecule has 37 heavy (non-hydrogen) atoms. The maximum Gasteiger partial charge on any atom is 0.254 e. The normalized spacial score (nSPS) is 19.7. The molecule has 1 aliphatic heterocycles. The van der Waals surface area contributed by atoms with E-state index in [2.05, 4.69) is 5.32 Å². The molecule has 6 heteroatoms. The van der Waals surface area contributed by atoms with Crippen molar-refractivity contribution in [2.24, 2.45) is 0 Å². The zero-order chi connectivity index (χ0) is 25.8. The van der Waals surface area contributed by atoms with E-state index in [1.165, 1.54) is 6.42 Å². The van der Waals surface area contributed by atoms with Crippen LogP contribution in [0.3, 0.4) is 0 Å². The number of rotatable bonds is 7. The van der Waals surface area contributed by atoms with E-state index in [0.29, 0.717) is 23.6 Å². The fourth-order valence-electron chi connectivity index (χ4n) is 5.81. The van der Waals surface area contributed by atoms with Crippen molar-refractivity contribution in [3.05, 3.63) is 89.5 Å². The average Bonchev–Trinajstić information content (AvgIpc) is 2.94. The second kappa shape index (κ2) is 11.1. The first-order valence-corrected chi connectivity index (χ1v) is 13.2. The Kier molecular flexibility index (Phi) is 7.45. The molecule has 1 heterocycles. The van der Waals surface area contributed by atoms with Gasteiger partial charge in [-0.15, -0.1) is 0 Å². The van der Waals surface area contributed by atoms with Gasteiger partial charge in [-0.2, -0.15) is 0 Å². The molecule has 192 valence electrons. The summed E-state index contributed by atoms with van der Waals surface area (Å²) in [7, 11) is 1.63.